The molecular weight excluding hydrogens is 362 g/mol. The fraction of sp³-hybridized carbons (Fsp3) is 0.333. The summed E-state index contributed by atoms with van der Waals surface area (Å²) in [5.41, 5.74) is 1.20. The van der Waals surface area contributed by atoms with Crippen molar-refractivity contribution in [1.82, 2.24) is 25.4 Å². The summed E-state index contributed by atoms with van der Waals surface area (Å²) < 4.78 is 0. The summed E-state index contributed by atoms with van der Waals surface area (Å²) in [6.07, 6.45) is 0.692. The Morgan fingerprint density at radius 1 is 1.19 bits per heavy atom. The van der Waals surface area contributed by atoms with Crippen LogP contribution in [0, 0.1) is 0 Å². The van der Waals surface area contributed by atoms with Crippen LogP contribution in [0.4, 0.5) is 11.8 Å². The lowest BCUT2D eigenvalue weighted by molar-refractivity contribution is 0.271. The lowest BCUT2D eigenvalue weighted by Crippen LogP contribution is -2.24. The quantitative estimate of drug-likeness (QED) is 0.336. The van der Waals surface area contributed by atoms with Crippen LogP contribution >= 0.6 is 11.6 Å². The molecule has 0 saturated carbocycles. The van der Waals surface area contributed by atoms with Crippen molar-refractivity contribution >= 4 is 34.5 Å². The molecule has 1 unspecified atom stereocenters. The molecule has 0 aliphatic heterocycles. The van der Waals surface area contributed by atoms with Crippen molar-refractivity contribution in [3.05, 3.63) is 22.7 Å². The molecule has 0 aliphatic rings. The highest BCUT2D eigenvalue weighted by atomic mass is 35.5. The van der Waals surface area contributed by atoms with Gasteiger partial charge in [0.25, 0.3) is 0 Å². The molecule has 0 amide bonds. The molecule has 2 aromatic heterocycles. The van der Waals surface area contributed by atoms with Crippen LogP contribution in [0.3, 0.4) is 0 Å². The van der Waals surface area contributed by atoms with E-state index in [1.807, 2.05) is 6.92 Å². The van der Waals surface area contributed by atoms with Crippen molar-refractivity contribution < 1.29 is 15.3 Å². The van der Waals surface area contributed by atoms with E-state index in [4.69, 9.17) is 11.6 Å². The van der Waals surface area contributed by atoms with Crippen LogP contribution in [0.15, 0.2) is 12.1 Å². The maximum absolute atomic E-state index is 9.96. The lowest BCUT2D eigenvalue weighted by atomic mass is 10.2. The smallest absolute Gasteiger partial charge is 0.227 e. The van der Waals surface area contributed by atoms with Crippen molar-refractivity contribution in [2.24, 2.45) is 0 Å². The number of aliphatic hydroxyl groups excluding tert-OH is 1. The maximum atomic E-state index is 9.96. The summed E-state index contributed by atoms with van der Waals surface area (Å²) in [6, 6.07) is 2.44. The number of nitrogens with zero attached hydrogens (tertiary/aromatic N) is 4. The number of benzene rings is 1. The zero-order valence-corrected chi connectivity index (χ0v) is 14.6. The van der Waals surface area contributed by atoms with E-state index in [0.29, 0.717) is 29.0 Å². The van der Waals surface area contributed by atoms with Gasteiger partial charge in [0.2, 0.25) is 11.6 Å². The molecule has 2 heterocycles. The second kappa shape index (κ2) is 7.58. The number of hydrogen-bond donors (Lipinski definition) is 6. The maximum Gasteiger partial charge on any atom is 0.227 e. The van der Waals surface area contributed by atoms with Gasteiger partial charge in [0, 0.05) is 18.2 Å². The van der Waals surface area contributed by atoms with Gasteiger partial charge in [0.1, 0.15) is 11.5 Å². The van der Waals surface area contributed by atoms with Crippen LogP contribution in [-0.4, -0.2) is 53.3 Å². The molecule has 0 spiro atoms. The SMILES string of the molecule is CCC(CO)Nc1nc(NCc2cc(O)c(Cl)cc2O)c2n[nH]nc2n1. The fourth-order valence-electron chi connectivity index (χ4n) is 2.31. The van der Waals surface area contributed by atoms with Gasteiger partial charge in [-0.1, -0.05) is 18.5 Å². The largest absolute Gasteiger partial charge is 0.508 e. The zero-order chi connectivity index (χ0) is 18.7. The van der Waals surface area contributed by atoms with Crippen LogP contribution < -0.4 is 10.6 Å². The van der Waals surface area contributed by atoms with E-state index < -0.39 is 0 Å². The molecule has 3 aromatic rings. The van der Waals surface area contributed by atoms with Crippen molar-refractivity contribution in [2.75, 3.05) is 17.2 Å². The number of nitrogens with one attached hydrogen (secondary N) is 3. The van der Waals surface area contributed by atoms with Gasteiger partial charge < -0.3 is 26.0 Å². The number of H-pyrrole nitrogens is 1. The highest BCUT2D eigenvalue weighted by Crippen LogP contribution is 2.31. The number of phenols is 2. The average Bonchev–Trinajstić information content (AvgIpc) is 3.10. The predicted octanol–water partition coefficient (Wildman–Crippen LogP) is 1.61. The standard InChI is InChI=1S/C15H18ClN7O3/c1-2-8(6-24)18-15-19-13(12-14(20-15)22-23-21-12)17-5-7-3-11(26)9(16)4-10(7)25/h3-4,8,24-26H,2,5-6H2,1H3,(H3,17,18,19,20,21,22,23). The zero-order valence-electron chi connectivity index (χ0n) is 13.9. The van der Waals surface area contributed by atoms with Crippen LogP contribution in [-0.2, 0) is 6.54 Å². The summed E-state index contributed by atoms with van der Waals surface area (Å²) in [7, 11) is 0. The van der Waals surface area contributed by atoms with Crippen LogP contribution in [0.2, 0.25) is 5.02 Å². The van der Waals surface area contributed by atoms with Gasteiger partial charge in [-0.05, 0) is 12.5 Å². The first-order valence-electron chi connectivity index (χ1n) is 7.92. The molecule has 1 atom stereocenters. The number of hydrogen-bond acceptors (Lipinski definition) is 9. The normalized spacial score (nSPS) is 12.3. The van der Waals surface area contributed by atoms with E-state index in [1.54, 1.807) is 0 Å². The number of anilines is 2. The number of fused-ring (bicyclic) bond motifs is 1. The highest BCUT2D eigenvalue weighted by molar-refractivity contribution is 6.32. The van der Waals surface area contributed by atoms with E-state index >= 15 is 0 Å². The molecule has 0 bridgehead atoms. The second-order valence-corrected chi connectivity index (χ2v) is 6.02. The van der Waals surface area contributed by atoms with Crippen molar-refractivity contribution in [1.29, 1.82) is 0 Å². The second-order valence-electron chi connectivity index (χ2n) is 5.61. The van der Waals surface area contributed by atoms with Crippen molar-refractivity contribution in [3.63, 3.8) is 0 Å². The molecule has 6 N–H and O–H groups in total. The fourth-order valence-corrected chi connectivity index (χ4v) is 2.47. The summed E-state index contributed by atoms with van der Waals surface area (Å²) in [5, 5.41) is 45.6. The van der Waals surface area contributed by atoms with Crippen LogP contribution in [0.25, 0.3) is 11.2 Å². The third-order valence-corrected chi connectivity index (χ3v) is 4.13. The molecule has 0 fully saturated rings. The Balaban J connectivity index is 1.87. The van der Waals surface area contributed by atoms with Gasteiger partial charge in [0.15, 0.2) is 11.3 Å². The molecule has 0 radical (unpaired) electrons. The Hall–Kier alpha value is -2.85. The van der Waals surface area contributed by atoms with Gasteiger partial charge >= 0.3 is 0 Å². The summed E-state index contributed by atoms with van der Waals surface area (Å²) in [6.45, 7) is 2.03. The van der Waals surface area contributed by atoms with E-state index in [0.717, 1.165) is 0 Å². The molecule has 138 valence electrons. The first-order valence-corrected chi connectivity index (χ1v) is 8.29. The highest BCUT2D eigenvalue weighted by Gasteiger charge is 2.15. The molecule has 11 heteroatoms. The van der Waals surface area contributed by atoms with Crippen molar-refractivity contribution in [2.45, 2.75) is 25.9 Å². The van der Waals surface area contributed by atoms with Gasteiger partial charge in [-0.15, -0.1) is 5.10 Å². The topological polar surface area (TPSA) is 152 Å². The molecule has 0 aliphatic carbocycles. The number of aromatic nitrogens is 5. The number of phenolic OH excluding ortho intramolecular Hbond substituents is 2. The first-order chi connectivity index (χ1) is 12.5. The first kappa shape index (κ1) is 18.0. The summed E-state index contributed by atoms with van der Waals surface area (Å²) in [5.74, 6) is 0.480. The Kier molecular flexibility index (Phi) is 5.24. The van der Waals surface area contributed by atoms with E-state index in [-0.39, 0.29) is 41.7 Å². The van der Waals surface area contributed by atoms with Gasteiger partial charge in [-0.25, -0.2) is 0 Å². The molecule has 10 nitrogen and oxygen atoms in total. The number of aromatic amines is 1. The Morgan fingerprint density at radius 3 is 2.73 bits per heavy atom. The molecular formula is C15H18ClN7O3. The minimum atomic E-state index is -0.190. The third kappa shape index (κ3) is 3.70. The summed E-state index contributed by atoms with van der Waals surface area (Å²) >= 11 is 5.76. The lowest BCUT2D eigenvalue weighted by Gasteiger charge is -2.15. The molecule has 1 aromatic carbocycles. The Labute approximate surface area is 153 Å². The predicted molar refractivity (Wildman–Crippen MR) is 96.4 cm³/mol. The van der Waals surface area contributed by atoms with Gasteiger partial charge in [-0.3, -0.25) is 0 Å². The van der Waals surface area contributed by atoms with E-state index in [2.05, 4.69) is 36.0 Å². The summed E-state index contributed by atoms with van der Waals surface area (Å²) in [4.78, 5) is 8.60. The van der Waals surface area contributed by atoms with E-state index in [1.165, 1.54) is 12.1 Å². The molecule has 26 heavy (non-hydrogen) atoms. The number of aromatic hydroxyl groups is 2. The third-order valence-electron chi connectivity index (χ3n) is 3.82. The van der Waals surface area contributed by atoms with Crippen LogP contribution in [0.1, 0.15) is 18.9 Å². The van der Waals surface area contributed by atoms with Gasteiger partial charge in [-0.2, -0.15) is 20.3 Å². The van der Waals surface area contributed by atoms with Gasteiger partial charge in [0.05, 0.1) is 17.7 Å². The minimum Gasteiger partial charge on any atom is -0.508 e. The Morgan fingerprint density at radius 2 is 2.00 bits per heavy atom. The van der Waals surface area contributed by atoms with E-state index in [9.17, 15) is 15.3 Å². The number of halogens is 1. The van der Waals surface area contributed by atoms with Crippen LogP contribution in [0.5, 0.6) is 11.5 Å². The minimum absolute atomic E-state index is 0.0581. The number of rotatable bonds is 7. The number of aliphatic hydroxyl groups is 1. The molecule has 3 rings (SSSR count). The Bertz CT molecular complexity index is 914. The monoisotopic (exact) mass is 379 g/mol. The van der Waals surface area contributed by atoms with Crippen molar-refractivity contribution in [3.8, 4) is 11.5 Å². The average molecular weight is 380 g/mol. The molecule has 0 saturated heterocycles.